The van der Waals surface area contributed by atoms with Gasteiger partial charge in [0.1, 0.15) is 6.61 Å². The molecule has 0 saturated heterocycles. The number of fused-ring (bicyclic) bond motifs is 3. The minimum absolute atomic E-state index is 0.0362. The van der Waals surface area contributed by atoms with E-state index in [-0.39, 0.29) is 19.1 Å². The van der Waals surface area contributed by atoms with Crippen molar-refractivity contribution < 1.29 is 29.0 Å². The van der Waals surface area contributed by atoms with Crippen molar-refractivity contribution in [3.63, 3.8) is 0 Å². The number of carboxylic acids is 1. The molecule has 0 heterocycles. The molecule has 2 amide bonds. The number of nitrogens with one attached hydrogen (secondary N) is 2. The molecule has 1 aliphatic rings. The number of hydrogen-bond acceptors (Lipinski definition) is 5. The number of methoxy groups -OCH3 is 1. The van der Waals surface area contributed by atoms with Gasteiger partial charge in [-0.3, -0.25) is 10.1 Å². The molecule has 3 aromatic rings. The van der Waals surface area contributed by atoms with E-state index in [4.69, 9.17) is 14.6 Å². The fraction of sp³-hybridized carbons (Fsp3) is 0.192. The Morgan fingerprint density at radius 3 is 2.06 bits per heavy atom. The normalized spacial score (nSPS) is 12.9. The van der Waals surface area contributed by atoms with Crippen LogP contribution < -0.4 is 10.6 Å². The molecule has 8 nitrogen and oxygen atoms in total. The zero-order valence-corrected chi connectivity index (χ0v) is 18.5. The highest BCUT2D eigenvalue weighted by Crippen LogP contribution is 2.44. The summed E-state index contributed by atoms with van der Waals surface area (Å²) in [7, 11) is 1.26. The van der Waals surface area contributed by atoms with Crippen LogP contribution in [0.15, 0.2) is 72.8 Å². The third-order valence-corrected chi connectivity index (χ3v) is 5.75. The van der Waals surface area contributed by atoms with Gasteiger partial charge in [-0.05, 0) is 46.5 Å². The van der Waals surface area contributed by atoms with Crippen molar-refractivity contribution >= 4 is 23.7 Å². The molecule has 34 heavy (non-hydrogen) atoms. The summed E-state index contributed by atoms with van der Waals surface area (Å²) in [5.41, 5.74) is 5.35. The van der Waals surface area contributed by atoms with Crippen LogP contribution >= 0.6 is 0 Å². The summed E-state index contributed by atoms with van der Waals surface area (Å²) >= 11 is 0. The lowest BCUT2D eigenvalue weighted by atomic mass is 9.98. The van der Waals surface area contributed by atoms with E-state index in [1.165, 1.54) is 19.2 Å². The van der Waals surface area contributed by atoms with Gasteiger partial charge in [0.2, 0.25) is 0 Å². The molecule has 1 atom stereocenters. The van der Waals surface area contributed by atoms with E-state index in [0.29, 0.717) is 11.3 Å². The number of hydrogen-bond donors (Lipinski definition) is 3. The van der Waals surface area contributed by atoms with Crippen LogP contribution in [-0.4, -0.2) is 49.4 Å². The van der Waals surface area contributed by atoms with Crippen LogP contribution in [0.2, 0.25) is 0 Å². The van der Waals surface area contributed by atoms with Crippen molar-refractivity contribution in [2.24, 2.45) is 0 Å². The van der Waals surface area contributed by atoms with Crippen LogP contribution in [-0.2, 0) is 14.3 Å². The molecule has 0 fully saturated rings. The van der Waals surface area contributed by atoms with Gasteiger partial charge in [0.05, 0.1) is 6.54 Å². The molecule has 8 heteroatoms. The Labute approximate surface area is 196 Å². The van der Waals surface area contributed by atoms with Crippen LogP contribution in [0.5, 0.6) is 0 Å². The maximum atomic E-state index is 12.4. The molecule has 0 spiro atoms. The molecule has 0 bridgehead atoms. The van der Waals surface area contributed by atoms with Gasteiger partial charge in [-0.25, -0.2) is 9.59 Å². The van der Waals surface area contributed by atoms with Gasteiger partial charge in [0.15, 0.2) is 6.10 Å². The molecule has 3 aromatic carbocycles. The summed E-state index contributed by atoms with van der Waals surface area (Å²) in [5.74, 6) is -1.65. The van der Waals surface area contributed by atoms with Gasteiger partial charge in [0.25, 0.3) is 5.91 Å². The summed E-state index contributed by atoms with van der Waals surface area (Å²) in [5, 5.41) is 14.1. The van der Waals surface area contributed by atoms with Crippen LogP contribution in [0, 0.1) is 0 Å². The van der Waals surface area contributed by atoms with Gasteiger partial charge in [-0.2, -0.15) is 0 Å². The molecule has 0 aromatic heterocycles. The first-order valence-corrected chi connectivity index (χ1v) is 10.7. The SMILES string of the molecule is COC(CNC(=O)c1ccc(NC(=O)OCC2c3ccccc3-c3ccccc32)cc1)C(=O)O. The number of aliphatic carboxylic acids is 1. The second kappa shape index (κ2) is 10.2. The Balaban J connectivity index is 1.33. The maximum Gasteiger partial charge on any atom is 0.411 e. The summed E-state index contributed by atoms with van der Waals surface area (Å²) in [6.45, 7) is 0.0367. The summed E-state index contributed by atoms with van der Waals surface area (Å²) in [6, 6.07) is 22.4. The molecule has 0 radical (unpaired) electrons. The van der Waals surface area contributed by atoms with Crippen molar-refractivity contribution in [3.05, 3.63) is 89.5 Å². The average molecular weight is 460 g/mol. The average Bonchev–Trinajstić information content (AvgIpc) is 3.17. The zero-order valence-electron chi connectivity index (χ0n) is 18.5. The van der Waals surface area contributed by atoms with Crippen LogP contribution in [0.4, 0.5) is 10.5 Å². The Morgan fingerprint density at radius 1 is 0.912 bits per heavy atom. The molecule has 1 unspecified atom stereocenters. The predicted molar refractivity (Wildman–Crippen MR) is 126 cm³/mol. The number of carbonyl (C=O) groups is 3. The fourth-order valence-corrected chi connectivity index (χ4v) is 4.02. The van der Waals surface area contributed by atoms with Gasteiger partial charge >= 0.3 is 12.1 Å². The van der Waals surface area contributed by atoms with Gasteiger partial charge in [-0.15, -0.1) is 0 Å². The minimum Gasteiger partial charge on any atom is -0.479 e. The van der Waals surface area contributed by atoms with E-state index in [2.05, 4.69) is 34.9 Å². The van der Waals surface area contributed by atoms with Crippen LogP contribution in [0.25, 0.3) is 11.1 Å². The van der Waals surface area contributed by atoms with E-state index in [9.17, 15) is 14.4 Å². The van der Waals surface area contributed by atoms with E-state index < -0.39 is 24.1 Å². The van der Waals surface area contributed by atoms with Gasteiger partial charge in [0, 0.05) is 24.3 Å². The lowest BCUT2D eigenvalue weighted by molar-refractivity contribution is -0.148. The highest BCUT2D eigenvalue weighted by molar-refractivity contribution is 5.95. The lowest BCUT2D eigenvalue weighted by Crippen LogP contribution is -2.37. The Hall–Kier alpha value is -4.17. The van der Waals surface area contributed by atoms with E-state index in [0.717, 1.165) is 22.3 Å². The van der Waals surface area contributed by atoms with Crippen molar-refractivity contribution in [2.75, 3.05) is 25.6 Å². The quantitative estimate of drug-likeness (QED) is 0.470. The molecule has 0 aliphatic heterocycles. The Kier molecular flexibility index (Phi) is 6.89. The third-order valence-electron chi connectivity index (χ3n) is 5.75. The molecular weight excluding hydrogens is 436 g/mol. The topological polar surface area (TPSA) is 114 Å². The fourth-order valence-electron chi connectivity index (χ4n) is 4.02. The van der Waals surface area contributed by atoms with E-state index in [1.807, 2.05) is 24.3 Å². The number of benzene rings is 3. The number of rotatable bonds is 8. The first kappa shape index (κ1) is 23.0. The van der Waals surface area contributed by atoms with Crippen LogP contribution in [0.3, 0.4) is 0 Å². The van der Waals surface area contributed by atoms with Crippen molar-refractivity contribution in [3.8, 4) is 11.1 Å². The minimum atomic E-state index is -1.16. The second-order valence-corrected chi connectivity index (χ2v) is 7.80. The summed E-state index contributed by atoms with van der Waals surface area (Å²) in [6.07, 6.45) is -1.72. The Bertz CT molecular complexity index is 1160. The lowest BCUT2D eigenvalue weighted by Gasteiger charge is -2.15. The standard InChI is InChI=1S/C26H24N2O6/c1-33-23(25(30)31)14-27-24(29)16-10-12-17(13-11-16)28-26(32)34-15-22-20-8-4-2-6-18(20)19-7-3-5-9-21(19)22/h2-13,22-23H,14-15H2,1H3,(H,27,29)(H,28,32)(H,30,31). The first-order valence-electron chi connectivity index (χ1n) is 10.7. The number of amides is 2. The predicted octanol–water partition coefficient (Wildman–Crippen LogP) is 3.88. The monoisotopic (exact) mass is 460 g/mol. The van der Waals surface area contributed by atoms with Crippen molar-refractivity contribution in [1.82, 2.24) is 5.32 Å². The molecule has 1 aliphatic carbocycles. The smallest absolute Gasteiger partial charge is 0.411 e. The summed E-state index contributed by atoms with van der Waals surface area (Å²) in [4.78, 5) is 35.6. The van der Waals surface area contributed by atoms with E-state index >= 15 is 0 Å². The van der Waals surface area contributed by atoms with Gasteiger partial charge < -0.3 is 19.9 Å². The van der Waals surface area contributed by atoms with Gasteiger partial charge in [-0.1, -0.05) is 48.5 Å². The number of carbonyl (C=O) groups excluding carboxylic acids is 2. The van der Waals surface area contributed by atoms with E-state index in [1.54, 1.807) is 12.1 Å². The largest absolute Gasteiger partial charge is 0.479 e. The second-order valence-electron chi connectivity index (χ2n) is 7.80. The molecule has 0 saturated carbocycles. The molecule has 4 rings (SSSR count). The maximum absolute atomic E-state index is 12.4. The van der Waals surface area contributed by atoms with Crippen molar-refractivity contribution in [2.45, 2.75) is 12.0 Å². The number of ether oxygens (including phenoxy) is 2. The third kappa shape index (κ3) is 4.92. The zero-order chi connectivity index (χ0) is 24.1. The number of carboxylic acid groups (broad SMARTS) is 1. The number of anilines is 1. The molecule has 174 valence electrons. The molecule has 3 N–H and O–H groups in total. The van der Waals surface area contributed by atoms with Crippen LogP contribution in [0.1, 0.15) is 27.4 Å². The first-order chi connectivity index (χ1) is 16.5. The van der Waals surface area contributed by atoms with Crippen molar-refractivity contribution in [1.29, 1.82) is 0 Å². The highest BCUT2D eigenvalue weighted by Gasteiger charge is 2.29. The summed E-state index contributed by atoms with van der Waals surface area (Å²) < 4.78 is 10.3. The highest BCUT2D eigenvalue weighted by atomic mass is 16.5. The molecular formula is C26H24N2O6. The Morgan fingerprint density at radius 2 is 1.50 bits per heavy atom.